The molecule has 7 nitrogen and oxygen atoms in total. The molecular formula is C27H31FN4O3. The maximum Gasteiger partial charge on any atom is 0.408 e. The standard InChI is InChI=1S/C27H31FN4O3/c1-27(2)25-21-9-8-20(16-23(21)29(3)22(25)11-13-32(27)26(34)35)31-15-14-30(17-24(31)33)12-10-18-4-6-19(28)7-5-18/h4-9,16H,10-15,17H2,1-3H3,(H,34,35). The molecule has 0 unspecified atom stereocenters. The Morgan fingerprint density at radius 2 is 1.83 bits per heavy atom. The number of benzene rings is 2. The fraction of sp³-hybridized carbons (Fsp3) is 0.407. The first-order valence-corrected chi connectivity index (χ1v) is 12.1. The summed E-state index contributed by atoms with van der Waals surface area (Å²) < 4.78 is 15.3. The summed E-state index contributed by atoms with van der Waals surface area (Å²) in [7, 11) is 2.02. The number of aromatic nitrogens is 1. The molecule has 3 aromatic rings. The Balaban J connectivity index is 1.35. The van der Waals surface area contributed by atoms with Gasteiger partial charge in [-0.3, -0.25) is 14.6 Å². The minimum atomic E-state index is -0.905. The molecule has 0 atom stereocenters. The van der Waals surface area contributed by atoms with Crippen LogP contribution in [0.1, 0.15) is 30.7 Å². The van der Waals surface area contributed by atoms with Crippen molar-refractivity contribution >= 4 is 28.6 Å². The lowest BCUT2D eigenvalue weighted by molar-refractivity contribution is -0.121. The Morgan fingerprint density at radius 3 is 2.51 bits per heavy atom. The number of nitrogens with zero attached hydrogens (tertiary/aromatic N) is 4. The molecule has 1 N–H and O–H groups in total. The number of hydrogen-bond acceptors (Lipinski definition) is 3. The lowest BCUT2D eigenvalue weighted by Gasteiger charge is -2.41. The summed E-state index contributed by atoms with van der Waals surface area (Å²) in [5.74, 6) is -0.178. The maximum atomic E-state index is 13.1. The minimum Gasteiger partial charge on any atom is -0.465 e. The van der Waals surface area contributed by atoms with E-state index in [4.69, 9.17) is 0 Å². The first-order chi connectivity index (χ1) is 16.7. The number of halogens is 1. The van der Waals surface area contributed by atoms with Gasteiger partial charge in [-0.1, -0.05) is 18.2 Å². The molecule has 2 aromatic carbocycles. The van der Waals surface area contributed by atoms with Crippen LogP contribution in [0, 0.1) is 5.82 Å². The number of hydrogen-bond donors (Lipinski definition) is 1. The number of carboxylic acid groups (broad SMARTS) is 1. The van der Waals surface area contributed by atoms with Gasteiger partial charge in [0.15, 0.2) is 0 Å². The van der Waals surface area contributed by atoms with Crippen molar-refractivity contribution in [2.24, 2.45) is 7.05 Å². The SMILES string of the molecule is Cn1c2c(c3ccc(N4CCN(CCc5ccc(F)cc5)CC4=O)cc31)C(C)(C)N(C(=O)O)CC2. The van der Waals surface area contributed by atoms with E-state index < -0.39 is 11.6 Å². The van der Waals surface area contributed by atoms with Gasteiger partial charge < -0.3 is 14.6 Å². The summed E-state index contributed by atoms with van der Waals surface area (Å²) in [5.41, 5.74) is 4.50. The first kappa shape index (κ1) is 23.4. The molecule has 0 spiro atoms. The average Bonchev–Trinajstić information content (AvgIpc) is 3.11. The number of amides is 2. The van der Waals surface area contributed by atoms with Crippen molar-refractivity contribution in [1.82, 2.24) is 14.4 Å². The van der Waals surface area contributed by atoms with E-state index >= 15 is 0 Å². The van der Waals surface area contributed by atoms with Gasteiger partial charge in [-0.05, 0) is 50.1 Å². The van der Waals surface area contributed by atoms with E-state index in [-0.39, 0.29) is 11.7 Å². The molecule has 35 heavy (non-hydrogen) atoms. The average molecular weight is 479 g/mol. The smallest absolute Gasteiger partial charge is 0.408 e. The fourth-order valence-corrected chi connectivity index (χ4v) is 5.71. The number of carbonyl (C=O) groups excluding carboxylic acids is 1. The van der Waals surface area contributed by atoms with Gasteiger partial charge in [0.25, 0.3) is 0 Å². The summed E-state index contributed by atoms with van der Waals surface area (Å²) >= 11 is 0. The van der Waals surface area contributed by atoms with Crippen molar-refractivity contribution in [2.75, 3.05) is 37.6 Å². The Hall–Kier alpha value is -3.39. The second kappa shape index (κ2) is 8.68. The molecule has 0 aliphatic carbocycles. The molecule has 1 fully saturated rings. The van der Waals surface area contributed by atoms with Crippen LogP contribution in [0.5, 0.6) is 0 Å². The third-order valence-corrected chi connectivity index (χ3v) is 7.64. The summed E-state index contributed by atoms with van der Waals surface area (Å²) in [4.78, 5) is 30.4. The van der Waals surface area contributed by atoms with Crippen LogP contribution in [0.3, 0.4) is 0 Å². The van der Waals surface area contributed by atoms with Crippen LogP contribution < -0.4 is 4.90 Å². The highest BCUT2D eigenvalue weighted by Crippen LogP contribution is 2.42. The zero-order valence-corrected chi connectivity index (χ0v) is 20.4. The normalized spacial score (nSPS) is 18.2. The van der Waals surface area contributed by atoms with Crippen LogP contribution >= 0.6 is 0 Å². The molecule has 2 amide bonds. The van der Waals surface area contributed by atoms with E-state index in [1.165, 1.54) is 17.0 Å². The van der Waals surface area contributed by atoms with E-state index in [0.717, 1.165) is 52.9 Å². The number of carbonyl (C=O) groups is 2. The molecule has 0 saturated carbocycles. The summed E-state index contributed by atoms with van der Waals surface area (Å²) in [6, 6.07) is 12.6. The number of aryl methyl sites for hydroxylation is 1. The Labute approximate surface area is 204 Å². The zero-order chi connectivity index (χ0) is 24.9. The highest BCUT2D eigenvalue weighted by atomic mass is 19.1. The lowest BCUT2D eigenvalue weighted by Crippen LogP contribution is -2.50. The summed E-state index contributed by atoms with van der Waals surface area (Å²) in [6.45, 7) is 6.87. The quantitative estimate of drug-likeness (QED) is 0.616. The fourth-order valence-electron chi connectivity index (χ4n) is 5.71. The van der Waals surface area contributed by atoms with Gasteiger partial charge in [-0.2, -0.15) is 0 Å². The highest BCUT2D eigenvalue weighted by molar-refractivity contribution is 5.98. The molecule has 1 aromatic heterocycles. The molecule has 184 valence electrons. The lowest BCUT2D eigenvalue weighted by atomic mass is 9.85. The molecule has 2 aliphatic heterocycles. The topological polar surface area (TPSA) is 69.0 Å². The number of rotatable bonds is 4. The van der Waals surface area contributed by atoms with Crippen molar-refractivity contribution < 1.29 is 19.1 Å². The third-order valence-electron chi connectivity index (χ3n) is 7.64. The van der Waals surface area contributed by atoms with Gasteiger partial charge in [0.1, 0.15) is 5.82 Å². The molecular weight excluding hydrogens is 447 g/mol. The van der Waals surface area contributed by atoms with Crippen molar-refractivity contribution in [3.63, 3.8) is 0 Å². The zero-order valence-electron chi connectivity index (χ0n) is 20.4. The molecule has 0 bridgehead atoms. The molecule has 8 heteroatoms. The number of piperazine rings is 1. The van der Waals surface area contributed by atoms with E-state index in [1.807, 2.05) is 37.9 Å². The predicted molar refractivity (Wildman–Crippen MR) is 133 cm³/mol. The molecule has 0 radical (unpaired) electrons. The first-order valence-electron chi connectivity index (χ1n) is 12.1. The van der Waals surface area contributed by atoms with Gasteiger partial charge in [0, 0.05) is 62.0 Å². The van der Waals surface area contributed by atoms with Crippen LogP contribution in [0.4, 0.5) is 14.9 Å². The van der Waals surface area contributed by atoms with Crippen LogP contribution in [0.2, 0.25) is 0 Å². The van der Waals surface area contributed by atoms with Crippen molar-refractivity contribution in [3.05, 3.63) is 65.1 Å². The van der Waals surface area contributed by atoms with Gasteiger partial charge >= 0.3 is 6.09 Å². The van der Waals surface area contributed by atoms with Crippen LogP contribution in [0.25, 0.3) is 10.9 Å². The van der Waals surface area contributed by atoms with Crippen LogP contribution in [0.15, 0.2) is 42.5 Å². The second-order valence-electron chi connectivity index (χ2n) is 10.0. The van der Waals surface area contributed by atoms with Crippen LogP contribution in [-0.2, 0) is 30.2 Å². The van der Waals surface area contributed by atoms with Gasteiger partial charge in [0.2, 0.25) is 5.91 Å². The largest absolute Gasteiger partial charge is 0.465 e. The van der Waals surface area contributed by atoms with E-state index in [1.54, 1.807) is 12.1 Å². The molecule has 3 heterocycles. The second-order valence-corrected chi connectivity index (χ2v) is 10.0. The number of anilines is 1. The predicted octanol–water partition coefficient (Wildman–Crippen LogP) is 3.98. The van der Waals surface area contributed by atoms with Gasteiger partial charge in [0.05, 0.1) is 17.6 Å². The van der Waals surface area contributed by atoms with E-state index in [0.29, 0.717) is 26.1 Å². The summed E-state index contributed by atoms with van der Waals surface area (Å²) in [6.07, 6.45) is 0.534. The van der Waals surface area contributed by atoms with Crippen molar-refractivity contribution in [2.45, 2.75) is 32.2 Å². The molecule has 1 saturated heterocycles. The van der Waals surface area contributed by atoms with Gasteiger partial charge in [-0.25, -0.2) is 9.18 Å². The third kappa shape index (κ3) is 4.05. The number of fused-ring (bicyclic) bond motifs is 3. The van der Waals surface area contributed by atoms with E-state index in [9.17, 15) is 19.1 Å². The Kier molecular flexibility index (Phi) is 5.79. The highest BCUT2D eigenvalue weighted by Gasteiger charge is 2.41. The maximum absolute atomic E-state index is 13.1. The van der Waals surface area contributed by atoms with Crippen molar-refractivity contribution in [1.29, 1.82) is 0 Å². The molecule has 5 rings (SSSR count). The Morgan fingerprint density at radius 1 is 1.09 bits per heavy atom. The van der Waals surface area contributed by atoms with Gasteiger partial charge in [-0.15, -0.1) is 0 Å². The van der Waals surface area contributed by atoms with E-state index in [2.05, 4.69) is 15.5 Å². The van der Waals surface area contributed by atoms with Crippen LogP contribution in [-0.4, -0.2) is 64.2 Å². The van der Waals surface area contributed by atoms with Crippen molar-refractivity contribution in [3.8, 4) is 0 Å². The monoisotopic (exact) mass is 478 g/mol. The summed E-state index contributed by atoms with van der Waals surface area (Å²) in [5, 5.41) is 10.7. The minimum absolute atomic E-state index is 0.0612. The molecule has 2 aliphatic rings. The Bertz CT molecular complexity index is 1300.